The summed E-state index contributed by atoms with van der Waals surface area (Å²) in [6.07, 6.45) is 0. The minimum Gasteiger partial charge on any atom is -0.384 e. The molecule has 3 aromatic rings. The molecule has 0 amide bonds. The summed E-state index contributed by atoms with van der Waals surface area (Å²) in [5.41, 5.74) is 8.84. The third-order valence-electron chi connectivity index (χ3n) is 2.87. The van der Waals surface area contributed by atoms with E-state index in [2.05, 4.69) is 5.10 Å². The van der Waals surface area contributed by atoms with Gasteiger partial charge in [0.05, 0.1) is 15.6 Å². The maximum atomic E-state index is 6.27. The van der Waals surface area contributed by atoms with E-state index >= 15 is 0 Å². The van der Waals surface area contributed by atoms with Crippen LogP contribution < -0.4 is 5.73 Å². The maximum absolute atomic E-state index is 6.27. The highest BCUT2D eigenvalue weighted by atomic mass is 35.5. The Balaban J connectivity index is 2.10. The van der Waals surface area contributed by atoms with Crippen molar-refractivity contribution in [3.63, 3.8) is 0 Å². The number of hydrogen-bond acceptors (Lipinski definition) is 3. The van der Waals surface area contributed by atoms with Crippen LogP contribution in [0.1, 0.15) is 5.56 Å². The lowest BCUT2D eigenvalue weighted by atomic mass is 10.3. The Hall–Kier alpha value is -1.78. The minimum atomic E-state index is 0.600. The fourth-order valence-corrected chi connectivity index (χ4v) is 3.13. The zero-order chi connectivity index (χ0) is 13.4. The molecule has 0 unspecified atom stereocenters. The van der Waals surface area contributed by atoms with E-state index in [0.717, 1.165) is 26.8 Å². The Kier molecular flexibility index (Phi) is 3.05. The second kappa shape index (κ2) is 4.72. The van der Waals surface area contributed by atoms with Gasteiger partial charge in [-0.3, -0.25) is 0 Å². The molecule has 1 aromatic carbocycles. The molecule has 0 aliphatic carbocycles. The average Bonchev–Trinajstić information content (AvgIpc) is 2.95. The zero-order valence-corrected chi connectivity index (χ0v) is 11.9. The van der Waals surface area contributed by atoms with Crippen LogP contribution in [-0.2, 0) is 0 Å². The molecule has 2 N–H and O–H groups in total. The van der Waals surface area contributed by atoms with Crippen LogP contribution in [0.2, 0.25) is 5.02 Å². The van der Waals surface area contributed by atoms with Gasteiger partial charge in [-0.15, -0.1) is 11.3 Å². The van der Waals surface area contributed by atoms with Crippen molar-refractivity contribution in [1.29, 1.82) is 0 Å². The summed E-state index contributed by atoms with van der Waals surface area (Å²) in [6.45, 7) is 1.99. The monoisotopic (exact) mass is 289 g/mol. The molecule has 3 nitrogen and oxygen atoms in total. The molecule has 0 spiro atoms. The lowest BCUT2D eigenvalue weighted by Crippen LogP contribution is -2.00. The normalized spacial score (nSPS) is 10.8. The molecule has 19 heavy (non-hydrogen) atoms. The van der Waals surface area contributed by atoms with E-state index in [1.165, 1.54) is 0 Å². The van der Waals surface area contributed by atoms with Gasteiger partial charge in [-0.25, -0.2) is 4.68 Å². The quantitative estimate of drug-likeness (QED) is 0.770. The lowest BCUT2D eigenvalue weighted by molar-refractivity contribution is 0.896. The van der Waals surface area contributed by atoms with Crippen LogP contribution in [0.4, 0.5) is 5.82 Å². The number of aryl methyl sites for hydroxylation is 1. The van der Waals surface area contributed by atoms with E-state index in [4.69, 9.17) is 17.3 Å². The van der Waals surface area contributed by atoms with Gasteiger partial charge in [-0.1, -0.05) is 29.8 Å². The number of nitrogen functional groups attached to an aromatic ring is 1. The summed E-state index contributed by atoms with van der Waals surface area (Å²) in [4.78, 5) is 0.959. The molecule has 2 heterocycles. The molecule has 3 rings (SSSR count). The predicted octanol–water partition coefficient (Wildman–Crippen LogP) is 4.14. The van der Waals surface area contributed by atoms with E-state index in [-0.39, 0.29) is 0 Å². The molecule has 5 heteroatoms. The molecule has 0 saturated heterocycles. The van der Waals surface area contributed by atoms with Crippen molar-refractivity contribution in [2.45, 2.75) is 6.92 Å². The molecular formula is C14H12ClN3S. The van der Waals surface area contributed by atoms with Gasteiger partial charge in [0.1, 0.15) is 11.5 Å². The van der Waals surface area contributed by atoms with Crippen LogP contribution in [0.5, 0.6) is 0 Å². The molecule has 0 saturated carbocycles. The Morgan fingerprint density at radius 2 is 2.00 bits per heavy atom. The second-order valence-corrected chi connectivity index (χ2v) is 5.52. The van der Waals surface area contributed by atoms with Crippen LogP contribution in [0.25, 0.3) is 16.3 Å². The number of para-hydroxylation sites is 1. The van der Waals surface area contributed by atoms with Crippen molar-refractivity contribution in [3.05, 3.63) is 52.4 Å². The van der Waals surface area contributed by atoms with Crippen molar-refractivity contribution in [2.24, 2.45) is 0 Å². The van der Waals surface area contributed by atoms with Crippen molar-refractivity contribution in [2.75, 3.05) is 5.73 Å². The molecule has 0 bridgehead atoms. The van der Waals surface area contributed by atoms with Crippen molar-refractivity contribution < 1.29 is 0 Å². The van der Waals surface area contributed by atoms with Gasteiger partial charge in [-0.2, -0.15) is 5.10 Å². The Morgan fingerprint density at radius 3 is 2.63 bits per heavy atom. The number of nitrogens with two attached hydrogens (primary N) is 1. The molecule has 0 atom stereocenters. The number of benzene rings is 1. The van der Waals surface area contributed by atoms with Gasteiger partial charge in [-0.05, 0) is 30.0 Å². The van der Waals surface area contributed by atoms with E-state index in [9.17, 15) is 0 Å². The maximum Gasteiger partial charge on any atom is 0.127 e. The van der Waals surface area contributed by atoms with E-state index < -0.39 is 0 Å². The number of aromatic nitrogens is 2. The Bertz CT molecular complexity index is 716. The average molecular weight is 290 g/mol. The van der Waals surface area contributed by atoms with Gasteiger partial charge in [0.15, 0.2) is 0 Å². The summed E-state index contributed by atoms with van der Waals surface area (Å²) >= 11 is 7.85. The summed E-state index contributed by atoms with van der Waals surface area (Å²) in [5, 5.41) is 7.32. The van der Waals surface area contributed by atoms with Crippen molar-refractivity contribution >= 4 is 28.8 Å². The minimum absolute atomic E-state index is 0.600. The van der Waals surface area contributed by atoms with E-state index in [1.54, 1.807) is 16.0 Å². The summed E-state index contributed by atoms with van der Waals surface area (Å²) in [6, 6.07) is 11.7. The van der Waals surface area contributed by atoms with E-state index in [1.807, 2.05) is 48.7 Å². The van der Waals surface area contributed by atoms with Crippen LogP contribution in [0.15, 0.2) is 41.8 Å². The zero-order valence-electron chi connectivity index (χ0n) is 10.3. The van der Waals surface area contributed by atoms with Crippen LogP contribution >= 0.6 is 22.9 Å². The van der Waals surface area contributed by atoms with Gasteiger partial charge >= 0.3 is 0 Å². The number of halogens is 1. The Morgan fingerprint density at radius 1 is 1.26 bits per heavy atom. The molecule has 2 aromatic heterocycles. The number of rotatable bonds is 2. The van der Waals surface area contributed by atoms with Gasteiger partial charge in [0, 0.05) is 6.07 Å². The third kappa shape index (κ3) is 2.13. The molecule has 0 radical (unpaired) electrons. The Labute approximate surface area is 120 Å². The second-order valence-electron chi connectivity index (χ2n) is 4.26. The number of anilines is 1. The summed E-state index contributed by atoms with van der Waals surface area (Å²) in [7, 11) is 0. The molecule has 96 valence electrons. The topological polar surface area (TPSA) is 43.8 Å². The highest BCUT2D eigenvalue weighted by Crippen LogP contribution is 2.36. The standard InChI is InChI=1S/C14H12ClN3S/c1-9-8-19-14(13(9)15)11-7-12(16)18(17-11)10-5-3-2-4-6-10/h2-8H,16H2,1H3. The van der Waals surface area contributed by atoms with Crippen molar-refractivity contribution in [3.8, 4) is 16.3 Å². The van der Waals surface area contributed by atoms with Crippen LogP contribution in [-0.4, -0.2) is 9.78 Å². The number of hydrogen-bond donors (Lipinski definition) is 1. The molecular weight excluding hydrogens is 278 g/mol. The first-order chi connectivity index (χ1) is 9.16. The van der Waals surface area contributed by atoms with Crippen molar-refractivity contribution in [1.82, 2.24) is 9.78 Å². The van der Waals surface area contributed by atoms with Crippen LogP contribution in [0.3, 0.4) is 0 Å². The fraction of sp³-hybridized carbons (Fsp3) is 0.0714. The largest absolute Gasteiger partial charge is 0.384 e. The molecule has 0 aliphatic heterocycles. The van der Waals surface area contributed by atoms with Crippen LogP contribution in [0, 0.1) is 6.92 Å². The third-order valence-corrected chi connectivity index (χ3v) is 4.59. The fourth-order valence-electron chi connectivity index (χ4n) is 1.89. The lowest BCUT2D eigenvalue weighted by Gasteiger charge is -2.02. The first-order valence-corrected chi connectivity index (χ1v) is 7.07. The van der Waals surface area contributed by atoms with E-state index in [0.29, 0.717) is 5.82 Å². The molecule has 0 aliphatic rings. The summed E-state index contributed by atoms with van der Waals surface area (Å²) in [5.74, 6) is 0.600. The van der Waals surface area contributed by atoms with Gasteiger partial charge in [0.2, 0.25) is 0 Å². The molecule has 0 fully saturated rings. The first-order valence-electron chi connectivity index (χ1n) is 5.82. The number of nitrogens with zero attached hydrogens (tertiary/aromatic N) is 2. The number of thiophene rings is 1. The van der Waals surface area contributed by atoms with Gasteiger partial charge < -0.3 is 5.73 Å². The predicted molar refractivity (Wildman–Crippen MR) is 81.0 cm³/mol. The summed E-state index contributed by atoms with van der Waals surface area (Å²) < 4.78 is 1.72. The SMILES string of the molecule is Cc1csc(-c2cc(N)n(-c3ccccc3)n2)c1Cl. The highest BCUT2D eigenvalue weighted by molar-refractivity contribution is 7.14. The first kappa shape index (κ1) is 12.3. The smallest absolute Gasteiger partial charge is 0.127 e. The van der Waals surface area contributed by atoms with Gasteiger partial charge in [0.25, 0.3) is 0 Å². The highest BCUT2D eigenvalue weighted by Gasteiger charge is 2.14.